The maximum atomic E-state index is 13.4. The maximum absolute atomic E-state index is 13.4. The van der Waals surface area contributed by atoms with E-state index in [4.69, 9.17) is 4.74 Å². The Labute approximate surface area is 148 Å². The summed E-state index contributed by atoms with van der Waals surface area (Å²) in [7, 11) is 1.65. The summed E-state index contributed by atoms with van der Waals surface area (Å²) in [4.78, 5) is 14.2. The van der Waals surface area contributed by atoms with Gasteiger partial charge in [-0.05, 0) is 31.2 Å². The molecule has 0 spiro atoms. The molecule has 1 amide bonds. The van der Waals surface area contributed by atoms with E-state index >= 15 is 0 Å². The van der Waals surface area contributed by atoms with Crippen LogP contribution >= 0.6 is 0 Å². The molecule has 0 bridgehead atoms. The van der Waals surface area contributed by atoms with Crippen molar-refractivity contribution in [3.8, 4) is 17.2 Å². The van der Waals surface area contributed by atoms with Gasteiger partial charge in [0.05, 0.1) is 12.3 Å². The predicted molar refractivity (Wildman–Crippen MR) is 91.5 cm³/mol. The third-order valence-corrected chi connectivity index (χ3v) is 4.23. The van der Waals surface area contributed by atoms with E-state index in [0.29, 0.717) is 34.7 Å². The number of rotatable bonds is 3. The first kappa shape index (κ1) is 16.4. The minimum atomic E-state index is -3.71. The van der Waals surface area contributed by atoms with Crippen LogP contribution < -0.4 is 19.1 Å². The zero-order valence-corrected chi connectivity index (χ0v) is 14.1. The first-order valence-corrected chi connectivity index (χ1v) is 8.05. The van der Waals surface area contributed by atoms with Gasteiger partial charge in [-0.1, -0.05) is 12.1 Å². The Morgan fingerprint density at radius 3 is 2.81 bits per heavy atom. The molecule has 2 aliphatic rings. The molecule has 0 unspecified atom stereocenters. The van der Waals surface area contributed by atoms with Crippen molar-refractivity contribution in [2.24, 2.45) is 0 Å². The van der Waals surface area contributed by atoms with E-state index in [0.717, 1.165) is 0 Å². The third kappa shape index (κ3) is 2.56. The Kier molecular flexibility index (Phi) is 3.61. The number of benzene rings is 2. The van der Waals surface area contributed by atoms with E-state index in [1.807, 2.05) is 6.92 Å². The molecule has 0 saturated heterocycles. The van der Waals surface area contributed by atoms with Gasteiger partial charge in [-0.25, -0.2) is 0 Å². The average Bonchev–Trinajstić information content (AvgIpc) is 3.04. The smallest absolute Gasteiger partial charge is 0.494 e. The molecule has 0 aliphatic carbocycles. The van der Waals surface area contributed by atoms with Crippen LogP contribution in [0.2, 0.25) is 0 Å². The van der Waals surface area contributed by atoms with Crippen molar-refractivity contribution in [3.63, 3.8) is 0 Å². The van der Waals surface area contributed by atoms with Crippen LogP contribution in [0.15, 0.2) is 36.4 Å². The largest absolute Gasteiger partial charge is 0.586 e. The summed E-state index contributed by atoms with van der Waals surface area (Å²) in [6.07, 6.45) is -2.17. The molecular formula is C19H15F2NO4. The summed E-state index contributed by atoms with van der Waals surface area (Å²) in [5.41, 5.74) is 2.13. The van der Waals surface area contributed by atoms with Crippen LogP contribution in [0.1, 0.15) is 18.1 Å². The Morgan fingerprint density at radius 2 is 2.04 bits per heavy atom. The Balaban J connectivity index is 1.79. The highest BCUT2D eigenvalue weighted by atomic mass is 19.3. The van der Waals surface area contributed by atoms with Gasteiger partial charge < -0.3 is 19.1 Å². The number of fused-ring (bicyclic) bond motifs is 2. The summed E-state index contributed by atoms with van der Waals surface area (Å²) in [5.74, 6) is 0.274. The van der Waals surface area contributed by atoms with Crippen LogP contribution in [0, 0.1) is 0 Å². The molecule has 134 valence electrons. The van der Waals surface area contributed by atoms with Crippen LogP contribution in [-0.2, 0) is 4.79 Å². The Hall–Kier alpha value is -3.09. The molecular weight excluding hydrogens is 344 g/mol. The molecule has 0 saturated carbocycles. The zero-order chi connectivity index (χ0) is 18.5. The number of hydrogen-bond donors (Lipinski definition) is 0. The Morgan fingerprint density at radius 1 is 1.23 bits per heavy atom. The van der Waals surface area contributed by atoms with E-state index in [9.17, 15) is 13.6 Å². The lowest BCUT2D eigenvalue weighted by Gasteiger charge is -2.10. The number of halogens is 2. The van der Waals surface area contributed by atoms with Crippen LogP contribution in [0.5, 0.6) is 17.2 Å². The lowest BCUT2D eigenvalue weighted by atomic mass is 10.0. The fourth-order valence-electron chi connectivity index (χ4n) is 3.08. The molecule has 0 radical (unpaired) electrons. The summed E-state index contributed by atoms with van der Waals surface area (Å²) >= 11 is 0. The number of amides is 1. The van der Waals surface area contributed by atoms with Crippen molar-refractivity contribution >= 4 is 23.2 Å². The monoisotopic (exact) mass is 359 g/mol. The predicted octanol–water partition coefficient (Wildman–Crippen LogP) is 3.92. The molecule has 7 heteroatoms. The summed E-state index contributed by atoms with van der Waals surface area (Å²) in [6, 6.07) is 9.88. The van der Waals surface area contributed by atoms with Crippen LogP contribution in [0.25, 0.3) is 11.6 Å². The van der Waals surface area contributed by atoms with Crippen LogP contribution in [-0.4, -0.2) is 25.9 Å². The molecule has 0 N–H and O–H groups in total. The molecule has 0 aromatic heterocycles. The van der Waals surface area contributed by atoms with Crippen molar-refractivity contribution in [2.45, 2.75) is 13.2 Å². The fourth-order valence-corrected chi connectivity index (χ4v) is 3.08. The second-order valence-corrected chi connectivity index (χ2v) is 5.88. The number of carbonyl (C=O) groups excluding carboxylic acids is 1. The molecule has 0 fully saturated rings. The first-order valence-electron chi connectivity index (χ1n) is 8.05. The number of carbonyl (C=O) groups is 1. The van der Waals surface area contributed by atoms with E-state index < -0.39 is 6.29 Å². The van der Waals surface area contributed by atoms with Crippen molar-refractivity contribution in [2.75, 3.05) is 18.6 Å². The number of ether oxygens (including phenoxy) is 3. The third-order valence-electron chi connectivity index (χ3n) is 4.23. The first-order chi connectivity index (χ1) is 12.4. The second-order valence-electron chi connectivity index (χ2n) is 5.88. The minimum Gasteiger partial charge on any atom is -0.494 e. The lowest BCUT2D eigenvalue weighted by molar-refractivity contribution is -0.286. The number of para-hydroxylation sites is 1. The molecule has 2 aromatic carbocycles. The van der Waals surface area contributed by atoms with Gasteiger partial charge in [0.2, 0.25) is 0 Å². The van der Waals surface area contributed by atoms with Gasteiger partial charge in [0.25, 0.3) is 5.91 Å². The molecule has 5 nitrogen and oxygen atoms in total. The maximum Gasteiger partial charge on any atom is 0.586 e. The van der Waals surface area contributed by atoms with E-state index in [2.05, 4.69) is 9.47 Å². The molecule has 2 aliphatic heterocycles. The highest BCUT2D eigenvalue weighted by Gasteiger charge is 2.44. The Bertz CT molecular complexity index is 939. The van der Waals surface area contributed by atoms with Gasteiger partial charge in [-0.15, -0.1) is 8.78 Å². The molecule has 0 atom stereocenters. The quantitative estimate of drug-likeness (QED) is 0.780. The lowest BCUT2D eigenvalue weighted by Crippen LogP contribution is -2.26. The summed E-state index contributed by atoms with van der Waals surface area (Å²) < 4.78 is 41.3. The standard InChI is InChI=1S/C19H15F2NO4/c1-3-24-12-7-8-13-14(18(23)22(2)15(13)10-12)9-11-5-4-6-16-17(11)26-19(20,21)25-16/h4-10H,3H2,1-2H3. The number of alkyl halides is 2. The SMILES string of the molecule is CCOc1ccc2c(c1)N(C)C(=O)C2=Cc1cccc2c1OC(F)(F)O2. The van der Waals surface area contributed by atoms with Gasteiger partial charge >= 0.3 is 6.29 Å². The number of likely N-dealkylation sites (N-methyl/N-ethyl adjacent to an activating group) is 1. The van der Waals surface area contributed by atoms with Gasteiger partial charge in [0.1, 0.15) is 5.75 Å². The summed E-state index contributed by atoms with van der Waals surface area (Å²) in [6.45, 7) is 2.39. The zero-order valence-electron chi connectivity index (χ0n) is 14.1. The van der Waals surface area contributed by atoms with Crippen molar-refractivity contribution in [3.05, 3.63) is 47.5 Å². The normalized spacial score (nSPS) is 18.4. The number of anilines is 1. The number of hydrogen-bond acceptors (Lipinski definition) is 4. The van der Waals surface area contributed by atoms with Gasteiger partial charge in [0.15, 0.2) is 11.5 Å². The minimum absolute atomic E-state index is 0.0601. The van der Waals surface area contributed by atoms with Crippen LogP contribution in [0.3, 0.4) is 0 Å². The van der Waals surface area contributed by atoms with Gasteiger partial charge in [-0.2, -0.15) is 0 Å². The van der Waals surface area contributed by atoms with E-state index in [1.54, 1.807) is 37.4 Å². The van der Waals surface area contributed by atoms with Crippen LogP contribution in [0.4, 0.5) is 14.5 Å². The topological polar surface area (TPSA) is 48.0 Å². The van der Waals surface area contributed by atoms with E-state index in [-0.39, 0.29) is 17.4 Å². The van der Waals surface area contributed by atoms with Crippen molar-refractivity contribution < 1.29 is 27.8 Å². The molecule has 4 rings (SSSR count). The second kappa shape index (κ2) is 5.72. The fraction of sp³-hybridized carbons (Fsp3) is 0.211. The number of nitrogens with zero attached hydrogens (tertiary/aromatic N) is 1. The average molecular weight is 359 g/mol. The molecule has 26 heavy (non-hydrogen) atoms. The highest BCUT2D eigenvalue weighted by Crippen LogP contribution is 2.46. The molecule has 2 heterocycles. The highest BCUT2D eigenvalue weighted by molar-refractivity contribution is 6.35. The van der Waals surface area contributed by atoms with Crippen molar-refractivity contribution in [1.82, 2.24) is 0 Å². The van der Waals surface area contributed by atoms with Gasteiger partial charge in [-0.3, -0.25) is 4.79 Å². The molecule has 2 aromatic rings. The van der Waals surface area contributed by atoms with E-state index in [1.165, 1.54) is 17.0 Å². The van der Waals surface area contributed by atoms with Gasteiger partial charge in [0, 0.05) is 29.8 Å². The summed E-state index contributed by atoms with van der Waals surface area (Å²) in [5, 5.41) is 0. The van der Waals surface area contributed by atoms with Crippen molar-refractivity contribution in [1.29, 1.82) is 0 Å².